The number of aliphatic hydroxyl groups excluding tert-OH is 1. The number of carbonyl (C=O) groups excluding carboxylic acids is 1. The molecule has 4 atom stereocenters. The van der Waals surface area contributed by atoms with E-state index in [1.54, 1.807) is 0 Å². The molecule has 4 aliphatic rings. The second-order valence-corrected chi connectivity index (χ2v) is 8.06. The third-order valence-corrected chi connectivity index (χ3v) is 6.84. The molecule has 4 fully saturated rings. The van der Waals surface area contributed by atoms with Crippen molar-refractivity contribution in [2.45, 2.75) is 57.1 Å². The highest BCUT2D eigenvalue weighted by Gasteiger charge is 2.49. The molecule has 3 heterocycles. The van der Waals surface area contributed by atoms with E-state index in [4.69, 9.17) is 9.47 Å². The highest BCUT2D eigenvalue weighted by Crippen LogP contribution is 2.44. The van der Waals surface area contributed by atoms with E-state index in [0.29, 0.717) is 11.8 Å². The minimum Gasteiger partial charge on any atom is -0.394 e. The van der Waals surface area contributed by atoms with Crippen LogP contribution in [0.3, 0.4) is 0 Å². The molecule has 1 aliphatic carbocycles. The first kappa shape index (κ1) is 15.9. The average Bonchev–Trinajstić information content (AvgIpc) is 3.18. The van der Waals surface area contributed by atoms with Gasteiger partial charge in [-0.2, -0.15) is 0 Å². The molecule has 1 saturated carbocycles. The molecule has 0 aromatic carbocycles. The van der Waals surface area contributed by atoms with E-state index < -0.39 is 0 Å². The topological polar surface area (TPSA) is 59.0 Å². The lowest BCUT2D eigenvalue weighted by Crippen LogP contribution is -2.57. The van der Waals surface area contributed by atoms with Crippen LogP contribution in [0, 0.1) is 17.3 Å². The van der Waals surface area contributed by atoms with Crippen LogP contribution in [0.2, 0.25) is 0 Å². The third-order valence-electron chi connectivity index (χ3n) is 6.84. The average molecular weight is 323 g/mol. The van der Waals surface area contributed by atoms with Crippen molar-refractivity contribution in [2.24, 2.45) is 17.3 Å². The van der Waals surface area contributed by atoms with Gasteiger partial charge in [-0.05, 0) is 55.8 Å². The van der Waals surface area contributed by atoms with E-state index in [2.05, 4.69) is 0 Å². The van der Waals surface area contributed by atoms with Crippen LogP contribution in [0.4, 0.5) is 0 Å². The molecule has 5 nitrogen and oxygen atoms in total. The van der Waals surface area contributed by atoms with Gasteiger partial charge in [-0.1, -0.05) is 6.42 Å². The Balaban J connectivity index is 1.50. The Morgan fingerprint density at radius 1 is 1.17 bits per heavy atom. The summed E-state index contributed by atoms with van der Waals surface area (Å²) in [4.78, 5) is 15.2. The first-order valence-corrected chi connectivity index (χ1v) is 9.33. The third kappa shape index (κ3) is 2.81. The second kappa shape index (κ2) is 6.34. The van der Waals surface area contributed by atoms with Crippen LogP contribution in [0.5, 0.6) is 0 Å². The summed E-state index contributed by atoms with van der Waals surface area (Å²) in [6.07, 6.45) is 7.38. The highest BCUT2D eigenvalue weighted by atomic mass is 16.5. The van der Waals surface area contributed by atoms with Crippen LogP contribution in [0.25, 0.3) is 0 Å². The summed E-state index contributed by atoms with van der Waals surface area (Å²) in [7, 11) is 0. The number of likely N-dealkylation sites (tertiary alicyclic amines) is 1. The van der Waals surface area contributed by atoms with Gasteiger partial charge in [0.15, 0.2) is 0 Å². The molecular formula is C18H29NO4. The largest absolute Gasteiger partial charge is 0.394 e. The number of amides is 1. The summed E-state index contributed by atoms with van der Waals surface area (Å²) in [5.74, 6) is 1.14. The smallest absolute Gasteiger partial charge is 0.252 e. The lowest BCUT2D eigenvalue weighted by molar-refractivity contribution is -0.154. The molecule has 4 rings (SSSR count). The van der Waals surface area contributed by atoms with Crippen molar-refractivity contribution in [1.29, 1.82) is 0 Å². The van der Waals surface area contributed by atoms with Gasteiger partial charge >= 0.3 is 0 Å². The zero-order chi connectivity index (χ0) is 15.9. The number of ether oxygens (including phenoxy) is 2. The van der Waals surface area contributed by atoms with E-state index >= 15 is 0 Å². The van der Waals surface area contributed by atoms with Gasteiger partial charge in [0.1, 0.15) is 6.10 Å². The summed E-state index contributed by atoms with van der Waals surface area (Å²) in [5, 5.41) is 9.77. The van der Waals surface area contributed by atoms with Crippen LogP contribution in [-0.2, 0) is 14.3 Å². The maximum atomic E-state index is 13.2. The molecule has 0 radical (unpaired) electrons. The Hall–Kier alpha value is -0.650. The number of rotatable bonds is 2. The number of hydrogen-bond donors (Lipinski definition) is 1. The SMILES string of the molecule is O=C([C@@H]1OC[C@@H]2CCC[C@@H]21)N1CC2(CCOCC2)CCC1CO. The van der Waals surface area contributed by atoms with Crippen LogP contribution in [0.15, 0.2) is 0 Å². The van der Waals surface area contributed by atoms with E-state index in [0.717, 1.165) is 58.5 Å². The predicted octanol–water partition coefficient (Wildman–Crippen LogP) is 1.58. The van der Waals surface area contributed by atoms with Crippen molar-refractivity contribution in [1.82, 2.24) is 4.90 Å². The van der Waals surface area contributed by atoms with Crippen LogP contribution >= 0.6 is 0 Å². The summed E-state index contributed by atoms with van der Waals surface area (Å²) < 4.78 is 11.4. The summed E-state index contributed by atoms with van der Waals surface area (Å²) in [6, 6.07) is -0.0278. The van der Waals surface area contributed by atoms with Crippen molar-refractivity contribution in [3.8, 4) is 0 Å². The number of piperidine rings is 1. The molecule has 0 aromatic heterocycles. The normalized spacial score (nSPS) is 39.6. The van der Waals surface area contributed by atoms with Crippen molar-refractivity contribution >= 4 is 5.91 Å². The lowest BCUT2D eigenvalue weighted by Gasteiger charge is -2.49. The van der Waals surface area contributed by atoms with Crippen molar-refractivity contribution in [3.05, 3.63) is 0 Å². The van der Waals surface area contributed by atoms with E-state index in [-0.39, 0.29) is 30.1 Å². The summed E-state index contributed by atoms with van der Waals surface area (Å²) in [5.41, 5.74) is 0.202. The van der Waals surface area contributed by atoms with Gasteiger partial charge in [0.25, 0.3) is 5.91 Å². The first-order chi connectivity index (χ1) is 11.2. The van der Waals surface area contributed by atoms with Gasteiger partial charge in [-0.3, -0.25) is 4.79 Å². The molecule has 1 amide bonds. The van der Waals surface area contributed by atoms with Gasteiger partial charge in [-0.15, -0.1) is 0 Å². The Labute approximate surface area is 138 Å². The molecule has 130 valence electrons. The van der Waals surface area contributed by atoms with E-state index in [1.807, 2.05) is 4.90 Å². The second-order valence-electron chi connectivity index (χ2n) is 8.06. The zero-order valence-corrected chi connectivity index (χ0v) is 13.9. The fourth-order valence-electron chi connectivity index (χ4n) is 5.30. The summed E-state index contributed by atoms with van der Waals surface area (Å²) in [6.45, 7) is 3.20. The van der Waals surface area contributed by atoms with Crippen LogP contribution in [-0.4, -0.2) is 61.0 Å². The molecule has 1 unspecified atom stereocenters. The zero-order valence-electron chi connectivity index (χ0n) is 13.9. The standard InChI is InChI=1S/C18H29NO4/c20-10-14-4-5-18(6-8-22-9-7-18)12-19(14)17(21)16-15-3-1-2-13(15)11-23-16/h13-16,20H,1-12H2/t13-,14?,15-,16+/m0/s1. The number of fused-ring (bicyclic) bond motifs is 1. The molecule has 1 N–H and O–H groups in total. The van der Waals surface area contributed by atoms with Crippen molar-refractivity contribution in [2.75, 3.05) is 33.0 Å². The number of nitrogens with zero attached hydrogens (tertiary/aromatic N) is 1. The Kier molecular flexibility index (Phi) is 4.37. The number of carbonyl (C=O) groups is 1. The molecule has 3 saturated heterocycles. The van der Waals surface area contributed by atoms with Crippen LogP contribution < -0.4 is 0 Å². The van der Waals surface area contributed by atoms with Gasteiger partial charge in [0.2, 0.25) is 0 Å². The van der Waals surface area contributed by atoms with E-state index in [1.165, 1.54) is 12.8 Å². The fraction of sp³-hybridized carbons (Fsp3) is 0.944. The van der Waals surface area contributed by atoms with Gasteiger partial charge in [-0.25, -0.2) is 0 Å². The monoisotopic (exact) mass is 323 g/mol. The minimum atomic E-state index is -0.258. The first-order valence-electron chi connectivity index (χ1n) is 9.33. The Morgan fingerprint density at radius 2 is 2.00 bits per heavy atom. The molecule has 23 heavy (non-hydrogen) atoms. The van der Waals surface area contributed by atoms with E-state index in [9.17, 15) is 9.90 Å². The lowest BCUT2D eigenvalue weighted by atomic mass is 9.72. The number of aliphatic hydroxyl groups is 1. The van der Waals surface area contributed by atoms with Gasteiger partial charge in [0, 0.05) is 19.8 Å². The molecular weight excluding hydrogens is 294 g/mol. The molecule has 0 aromatic rings. The Morgan fingerprint density at radius 3 is 2.78 bits per heavy atom. The quantitative estimate of drug-likeness (QED) is 0.838. The fourth-order valence-corrected chi connectivity index (χ4v) is 5.30. The van der Waals surface area contributed by atoms with Crippen molar-refractivity contribution < 1.29 is 19.4 Å². The summed E-state index contributed by atoms with van der Waals surface area (Å²) >= 11 is 0. The minimum absolute atomic E-state index is 0.0278. The molecule has 3 aliphatic heterocycles. The van der Waals surface area contributed by atoms with Crippen molar-refractivity contribution in [3.63, 3.8) is 0 Å². The van der Waals surface area contributed by atoms with Crippen LogP contribution in [0.1, 0.15) is 44.9 Å². The van der Waals surface area contributed by atoms with Gasteiger partial charge in [0.05, 0.1) is 19.3 Å². The maximum Gasteiger partial charge on any atom is 0.252 e. The number of hydrogen-bond acceptors (Lipinski definition) is 4. The predicted molar refractivity (Wildman–Crippen MR) is 84.9 cm³/mol. The van der Waals surface area contributed by atoms with Gasteiger partial charge < -0.3 is 19.5 Å². The molecule has 1 spiro atoms. The maximum absolute atomic E-state index is 13.2. The highest BCUT2D eigenvalue weighted by molar-refractivity contribution is 5.82. The Bertz CT molecular complexity index is 448. The molecule has 5 heteroatoms. The molecule has 0 bridgehead atoms.